The van der Waals surface area contributed by atoms with Crippen LogP contribution in [0.3, 0.4) is 0 Å². The van der Waals surface area contributed by atoms with Crippen molar-refractivity contribution in [1.29, 1.82) is 0 Å². The lowest BCUT2D eigenvalue weighted by Gasteiger charge is -2.19. The second kappa shape index (κ2) is 7.99. The predicted octanol–water partition coefficient (Wildman–Crippen LogP) is 3.16. The van der Waals surface area contributed by atoms with Gasteiger partial charge in [-0.1, -0.05) is 13.3 Å². The van der Waals surface area contributed by atoms with Crippen LogP contribution in [0.4, 0.5) is 26.6 Å². The summed E-state index contributed by atoms with van der Waals surface area (Å²) in [4.78, 5) is 22.0. The molecule has 1 aromatic carbocycles. The highest BCUT2D eigenvalue weighted by Gasteiger charge is 2.25. The summed E-state index contributed by atoms with van der Waals surface area (Å²) in [6.07, 6.45) is 1.50. The molecule has 1 aliphatic rings. The molecule has 1 aromatic heterocycles. The lowest BCUT2D eigenvalue weighted by atomic mass is 10.2. The number of aryl methyl sites for hydroxylation is 1. The molecule has 2 aromatic rings. The molecule has 1 unspecified atom stereocenters. The van der Waals surface area contributed by atoms with Gasteiger partial charge in [0, 0.05) is 30.5 Å². The van der Waals surface area contributed by atoms with Gasteiger partial charge in [0.15, 0.2) is 0 Å². The average molecular weight is 359 g/mol. The molecule has 8 heteroatoms. The van der Waals surface area contributed by atoms with Gasteiger partial charge in [-0.25, -0.2) is 14.2 Å². The van der Waals surface area contributed by atoms with E-state index in [-0.39, 0.29) is 11.9 Å². The van der Waals surface area contributed by atoms with Gasteiger partial charge in [-0.3, -0.25) is 0 Å². The number of nitrogens with one attached hydrogen (secondary N) is 2. The fourth-order valence-electron chi connectivity index (χ4n) is 3.01. The Morgan fingerprint density at radius 3 is 2.81 bits per heavy atom. The molecule has 0 aliphatic carbocycles. The van der Waals surface area contributed by atoms with E-state index in [1.165, 1.54) is 12.1 Å². The first-order valence-corrected chi connectivity index (χ1v) is 8.68. The molecular formula is C18H22FN5O2. The van der Waals surface area contributed by atoms with Crippen LogP contribution < -0.4 is 15.5 Å². The van der Waals surface area contributed by atoms with Crippen molar-refractivity contribution in [3.8, 4) is 0 Å². The molecule has 26 heavy (non-hydrogen) atoms. The van der Waals surface area contributed by atoms with Crippen molar-refractivity contribution < 1.29 is 14.3 Å². The van der Waals surface area contributed by atoms with Crippen molar-refractivity contribution >= 4 is 23.5 Å². The fourth-order valence-corrected chi connectivity index (χ4v) is 3.01. The minimum Gasteiger partial charge on any atom is -0.465 e. The standard InChI is InChI=1S/C18H22FN5O2/c1-2-3-14-10-16(24-9-8-15(11-24)22-18(25)26)23-17(21-14)20-13-6-4-12(19)5-7-13/h4-7,10,15,22H,2-3,8-9,11H2,1H3,(H,25,26)(H,20,21,23). The normalized spacial score (nSPS) is 16.5. The molecule has 0 radical (unpaired) electrons. The first-order valence-electron chi connectivity index (χ1n) is 8.68. The van der Waals surface area contributed by atoms with Gasteiger partial charge in [-0.15, -0.1) is 0 Å². The second-order valence-electron chi connectivity index (χ2n) is 6.30. The molecule has 3 rings (SSSR count). The quantitative estimate of drug-likeness (QED) is 0.734. The second-order valence-corrected chi connectivity index (χ2v) is 6.30. The Hall–Kier alpha value is -2.90. The first kappa shape index (κ1) is 17.9. The molecule has 0 bridgehead atoms. The highest BCUT2D eigenvalue weighted by Crippen LogP contribution is 2.23. The van der Waals surface area contributed by atoms with Crippen molar-refractivity contribution in [3.05, 3.63) is 41.8 Å². The van der Waals surface area contributed by atoms with E-state index in [0.29, 0.717) is 18.2 Å². The summed E-state index contributed by atoms with van der Waals surface area (Å²) in [5.41, 5.74) is 1.62. The molecule has 138 valence electrons. The van der Waals surface area contributed by atoms with Crippen LogP contribution in [0.1, 0.15) is 25.5 Å². The van der Waals surface area contributed by atoms with Crippen LogP contribution in [-0.4, -0.2) is 40.3 Å². The molecule has 0 saturated carbocycles. The van der Waals surface area contributed by atoms with Crippen molar-refractivity contribution in [3.63, 3.8) is 0 Å². The van der Waals surface area contributed by atoms with E-state index < -0.39 is 6.09 Å². The van der Waals surface area contributed by atoms with Gasteiger partial charge in [0.05, 0.1) is 6.04 Å². The van der Waals surface area contributed by atoms with E-state index in [1.807, 2.05) is 6.07 Å². The largest absolute Gasteiger partial charge is 0.465 e. The van der Waals surface area contributed by atoms with Crippen molar-refractivity contribution in [2.24, 2.45) is 0 Å². The number of amides is 1. The van der Waals surface area contributed by atoms with Gasteiger partial charge < -0.3 is 20.6 Å². The molecule has 7 nitrogen and oxygen atoms in total. The maximum Gasteiger partial charge on any atom is 0.404 e. The summed E-state index contributed by atoms with van der Waals surface area (Å²) >= 11 is 0. The number of halogens is 1. The van der Waals surface area contributed by atoms with Crippen LogP contribution in [-0.2, 0) is 6.42 Å². The maximum absolute atomic E-state index is 13.1. The molecule has 1 aliphatic heterocycles. The Morgan fingerprint density at radius 2 is 2.12 bits per heavy atom. The van der Waals surface area contributed by atoms with E-state index in [4.69, 9.17) is 5.11 Å². The Bertz CT molecular complexity index is 769. The average Bonchev–Trinajstić information content (AvgIpc) is 3.05. The third kappa shape index (κ3) is 4.59. The van der Waals surface area contributed by atoms with Gasteiger partial charge in [0.25, 0.3) is 0 Å². The zero-order chi connectivity index (χ0) is 18.5. The number of carboxylic acid groups (broad SMARTS) is 1. The maximum atomic E-state index is 13.1. The lowest BCUT2D eigenvalue weighted by Crippen LogP contribution is -2.36. The van der Waals surface area contributed by atoms with E-state index in [0.717, 1.165) is 37.3 Å². The Labute approximate surface area is 151 Å². The van der Waals surface area contributed by atoms with Crippen molar-refractivity contribution in [2.45, 2.75) is 32.2 Å². The highest BCUT2D eigenvalue weighted by atomic mass is 19.1. The van der Waals surface area contributed by atoms with Crippen LogP contribution in [0.25, 0.3) is 0 Å². The van der Waals surface area contributed by atoms with Gasteiger partial charge in [-0.05, 0) is 37.1 Å². The summed E-state index contributed by atoms with van der Waals surface area (Å²) in [6.45, 7) is 3.38. The number of rotatable bonds is 6. The molecule has 3 N–H and O–H groups in total. The van der Waals surface area contributed by atoms with Gasteiger partial charge >= 0.3 is 6.09 Å². The van der Waals surface area contributed by atoms with Crippen LogP contribution >= 0.6 is 0 Å². The fraction of sp³-hybridized carbons (Fsp3) is 0.389. The number of nitrogens with zero attached hydrogens (tertiary/aromatic N) is 3. The molecule has 1 amide bonds. The van der Waals surface area contributed by atoms with Crippen LogP contribution in [0.2, 0.25) is 0 Å². The Morgan fingerprint density at radius 1 is 1.35 bits per heavy atom. The third-order valence-electron chi connectivity index (χ3n) is 4.21. The molecule has 1 fully saturated rings. The number of benzene rings is 1. The smallest absolute Gasteiger partial charge is 0.404 e. The molecule has 2 heterocycles. The number of aromatic nitrogens is 2. The van der Waals surface area contributed by atoms with E-state index in [1.54, 1.807) is 12.1 Å². The third-order valence-corrected chi connectivity index (χ3v) is 4.21. The minimum absolute atomic E-state index is 0.106. The number of hydrogen-bond donors (Lipinski definition) is 3. The summed E-state index contributed by atoms with van der Waals surface area (Å²) in [6, 6.07) is 7.86. The molecule has 1 atom stereocenters. The van der Waals surface area contributed by atoms with Gasteiger partial charge in [0.1, 0.15) is 11.6 Å². The summed E-state index contributed by atoms with van der Waals surface area (Å²) in [5, 5.41) is 14.5. The predicted molar refractivity (Wildman–Crippen MR) is 97.5 cm³/mol. The van der Waals surface area contributed by atoms with Crippen LogP contribution in [0.5, 0.6) is 0 Å². The SMILES string of the molecule is CCCc1cc(N2CCC(NC(=O)O)C2)nc(Nc2ccc(F)cc2)n1. The number of hydrogen-bond acceptors (Lipinski definition) is 5. The molecule has 0 spiro atoms. The number of carbonyl (C=O) groups is 1. The Balaban J connectivity index is 1.80. The Kier molecular flexibility index (Phi) is 5.50. The van der Waals surface area contributed by atoms with E-state index in [2.05, 4.69) is 32.4 Å². The lowest BCUT2D eigenvalue weighted by molar-refractivity contribution is 0.191. The minimum atomic E-state index is -1.01. The summed E-state index contributed by atoms with van der Waals surface area (Å²) in [7, 11) is 0. The number of anilines is 3. The van der Waals surface area contributed by atoms with E-state index in [9.17, 15) is 9.18 Å². The van der Waals surface area contributed by atoms with E-state index >= 15 is 0 Å². The first-order chi connectivity index (χ1) is 12.5. The van der Waals surface area contributed by atoms with Crippen molar-refractivity contribution in [2.75, 3.05) is 23.3 Å². The van der Waals surface area contributed by atoms with Crippen molar-refractivity contribution in [1.82, 2.24) is 15.3 Å². The topological polar surface area (TPSA) is 90.4 Å². The summed E-state index contributed by atoms with van der Waals surface area (Å²) < 4.78 is 13.1. The van der Waals surface area contributed by atoms with Crippen LogP contribution in [0.15, 0.2) is 30.3 Å². The summed E-state index contributed by atoms with van der Waals surface area (Å²) in [5.74, 6) is 0.917. The molecular weight excluding hydrogens is 337 g/mol. The van der Waals surface area contributed by atoms with Crippen LogP contribution in [0, 0.1) is 5.82 Å². The van der Waals surface area contributed by atoms with Gasteiger partial charge in [0.2, 0.25) is 5.95 Å². The molecule has 1 saturated heterocycles. The zero-order valence-electron chi connectivity index (χ0n) is 14.6. The monoisotopic (exact) mass is 359 g/mol. The highest BCUT2D eigenvalue weighted by molar-refractivity contribution is 5.65. The van der Waals surface area contributed by atoms with Gasteiger partial charge in [-0.2, -0.15) is 4.98 Å². The zero-order valence-corrected chi connectivity index (χ0v) is 14.6.